The van der Waals surface area contributed by atoms with Crippen molar-refractivity contribution in [2.24, 2.45) is 0 Å². The van der Waals surface area contributed by atoms with Gasteiger partial charge in [0, 0.05) is 18.0 Å². The molecule has 0 unspecified atom stereocenters. The Kier molecular flexibility index (Phi) is 2.38. The van der Waals surface area contributed by atoms with Gasteiger partial charge in [-0.2, -0.15) is 0 Å². The average Bonchev–Trinajstić information content (AvgIpc) is 2.03. The lowest BCUT2D eigenvalue weighted by Gasteiger charge is -1.99. The molecule has 0 saturated carbocycles. The number of hydrogen-bond acceptors (Lipinski definition) is 2. The third-order valence-corrected chi connectivity index (χ3v) is 1.52. The van der Waals surface area contributed by atoms with Crippen LogP contribution in [0.25, 0.3) is 0 Å². The zero-order chi connectivity index (χ0) is 9.14. The molecule has 12 heavy (non-hydrogen) atoms. The van der Waals surface area contributed by atoms with Crippen LogP contribution in [-0.2, 0) is 0 Å². The van der Waals surface area contributed by atoms with Crippen LogP contribution in [0, 0.1) is 6.92 Å². The van der Waals surface area contributed by atoms with Gasteiger partial charge in [-0.3, -0.25) is 9.78 Å². The molecule has 0 N–H and O–H groups in total. The molecule has 0 bridgehead atoms. The number of Topliss-reactive ketones (excluding diaryl/α,β-unsaturated/α-hetero) is 1. The van der Waals surface area contributed by atoms with Crippen LogP contribution < -0.4 is 0 Å². The summed E-state index contributed by atoms with van der Waals surface area (Å²) in [7, 11) is 0. The summed E-state index contributed by atoms with van der Waals surface area (Å²) < 4.78 is 0. The highest BCUT2D eigenvalue weighted by atomic mass is 16.1. The zero-order valence-corrected chi connectivity index (χ0v) is 7.29. The molecule has 1 aromatic heterocycles. The highest BCUT2D eigenvalue weighted by Gasteiger charge is 2.05. The minimum Gasteiger partial charge on any atom is -0.289 e. The Balaban J connectivity index is 3.04. The summed E-state index contributed by atoms with van der Waals surface area (Å²) in [4.78, 5) is 15.3. The first kappa shape index (κ1) is 8.65. The molecule has 62 valence electrons. The second-order valence-corrected chi connectivity index (χ2v) is 2.86. The third kappa shape index (κ3) is 1.78. The number of aryl methyl sites for hydroxylation is 1. The standard InChI is InChI=1S/C10H11NO/c1-7(2)10(12)9-4-8(3)5-11-6-9/h4-6H,1H2,2-3H3. The topological polar surface area (TPSA) is 30.0 Å². The summed E-state index contributed by atoms with van der Waals surface area (Å²) in [6, 6.07) is 1.81. The van der Waals surface area contributed by atoms with E-state index in [9.17, 15) is 4.79 Å². The first-order valence-corrected chi connectivity index (χ1v) is 3.73. The van der Waals surface area contributed by atoms with Gasteiger partial charge in [-0.15, -0.1) is 0 Å². The number of nitrogens with zero attached hydrogens (tertiary/aromatic N) is 1. The highest BCUT2D eigenvalue weighted by molar-refractivity contribution is 6.07. The number of hydrogen-bond donors (Lipinski definition) is 0. The maximum atomic E-state index is 11.4. The van der Waals surface area contributed by atoms with Crippen molar-refractivity contribution in [2.45, 2.75) is 13.8 Å². The molecule has 0 spiro atoms. The SMILES string of the molecule is C=C(C)C(=O)c1cncc(C)c1. The summed E-state index contributed by atoms with van der Waals surface area (Å²) in [6.07, 6.45) is 3.28. The molecule has 2 heteroatoms. The molecule has 0 amide bonds. The number of pyridine rings is 1. The van der Waals surface area contributed by atoms with Crippen LogP contribution in [0.4, 0.5) is 0 Å². The Morgan fingerprint density at radius 3 is 2.67 bits per heavy atom. The number of ketones is 1. The monoisotopic (exact) mass is 161 g/mol. The van der Waals surface area contributed by atoms with Crippen molar-refractivity contribution in [1.82, 2.24) is 4.98 Å². The smallest absolute Gasteiger partial charge is 0.189 e. The minimum atomic E-state index is -0.0359. The van der Waals surface area contributed by atoms with Gasteiger partial charge in [0.25, 0.3) is 0 Å². The zero-order valence-electron chi connectivity index (χ0n) is 7.29. The van der Waals surface area contributed by atoms with E-state index in [1.807, 2.05) is 13.0 Å². The maximum absolute atomic E-state index is 11.4. The van der Waals surface area contributed by atoms with Gasteiger partial charge in [0.1, 0.15) is 0 Å². The molecular weight excluding hydrogens is 150 g/mol. The molecule has 0 aromatic carbocycles. The van der Waals surface area contributed by atoms with E-state index in [0.717, 1.165) is 5.56 Å². The second-order valence-electron chi connectivity index (χ2n) is 2.86. The first-order chi connectivity index (χ1) is 5.61. The van der Waals surface area contributed by atoms with E-state index >= 15 is 0 Å². The van der Waals surface area contributed by atoms with Crippen molar-refractivity contribution in [1.29, 1.82) is 0 Å². The van der Waals surface area contributed by atoms with Crippen molar-refractivity contribution >= 4 is 5.78 Å². The summed E-state index contributed by atoms with van der Waals surface area (Å²) >= 11 is 0. The molecule has 0 aliphatic heterocycles. The molecular formula is C10H11NO. The Morgan fingerprint density at radius 2 is 2.17 bits per heavy atom. The van der Waals surface area contributed by atoms with Crippen LogP contribution >= 0.6 is 0 Å². The second kappa shape index (κ2) is 3.30. The van der Waals surface area contributed by atoms with Gasteiger partial charge in [-0.1, -0.05) is 6.58 Å². The lowest BCUT2D eigenvalue weighted by atomic mass is 10.1. The fourth-order valence-electron chi connectivity index (χ4n) is 0.926. The van der Waals surface area contributed by atoms with E-state index in [1.165, 1.54) is 0 Å². The van der Waals surface area contributed by atoms with Gasteiger partial charge in [0.05, 0.1) is 0 Å². The average molecular weight is 161 g/mol. The minimum absolute atomic E-state index is 0.0359. The van der Waals surface area contributed by atoms with Gasteiger partial charge in [0.15, 0.2) is 5.78 Å². The predicted octanol–water partition coefficient (Wildman–Crippen LogP) is 2.15. The predicted molar refractivity (Wildman–Crippen MR) is 48.1 cm³/mol. The molecule has 0 atom stereocenters. The van der Waals surface area contributed by atoms with Crippen LogP contribution in [0.1, 0.15) is 22.8 Å². The van der Waals surface area contributed by atoms with Gasteiger partial charge >= 0.3 is 0 Å². The van der Waals surface area contributed by atoms with E-state index in [0.29, 0.717) is 11.1 Å². The van der Waals surface area contributed by atoms with E-state index in [1.54, 1.807) is 19.3 Å². The molecule has 1 heterocycles. The Hall–Kier alpha value is -1.44. The van der Waals surface area contributed by atoms with Crippen LogP contribution in [0.3, 0.4) is 0 Å². The number of allylic oxidation sites excluding steroid dienone is 1. The normalized spacial score (nSPS) is 9.50. The van der Waals surface area contributed by atoms with Gasteiger partial charge in [-0.05, 0) is 31.1 Å². The molecule has 1 aromatic rings. The molecule has 0 radical (unpaired) electrons. The number of aromatic nitrogens is 1. The summed E-state index contributed by atoms with van der Waals surface area (Å²) in [5.74, 6) is -0.0359. The Bertz CT molecular complexity index is 328. The Morgan fingerprint density at radius 1 is 1.50 bits per heavy atom. The van der Waals surface area contributed by atoms with E-state index in [2.05, 4.69) is 11.6 Å². The largest absolute Gasteiger partial charge is 0.289 e. The van der Waals surface area contributed by atoms with E-state index in [-0.39, 0.29) is 5.78 Å². The fourth-order valence-corrected chi connectivity index (χ4v) is 0.926. The van der Waals surface area contributed by atoms with Crippen LogP contribution in [0.15, 0.2) is 30.6 Å². The lowest BCUT2D eigenvalue weighted by Crippen LogP contribution is -2.00. The molecule has 0 saturated heterocycles. The highest BCUT2D eigenvalue weighted by Crippen LogP contribution is 2.06. The molecule has 2 nitrogen and oxygen atoms in total. The van der Waals surface area contributed by atoms with E-state index in [4.69, 9.17) is 0 Å². The third-order valence-electron chi connectivity index (χ3n) is 1.52. The van der Waals surface area contributed by atoms with Crippen molar-refractivity contribution in [3.63, 3.8) is 0 Å². The van der Waals surface area contributed by atoms with Crippen molar-refractivity contribution in [3.05, 3.63) is 41.7 Å². The van der Waals surface area contributed by atoms with Crippen LogP contribution in [0.2, 0.25) is 0 Å². The van der Waals surface area contributed by atoms with Crippen molar-refractivity contribution < 1.29 is 4.79 Å². The molecule has 0 aliphatic rings. The molecule has 0 fully saturated rings. The molecule has 1 rings (SSSR count). The Labute approximate surface area is 71.9 Å². The van der Waals surface area contributed by atoms with E-state index < -0.39 is 0 Å². The van der Waals surface area contributed by atoms with Crippen LogP contribution in [0.5, 0.6) is 0 Å². The maximum Gasteiger partial charge on any atom is 0.189 e. The molecule has 0 aliphatic carbocycles. The van der Waals surface area contributed by atoms with Crippen LogP contribution in [-0.4, -0.2) is 10.8 Å². The first-order valence-electron chi connectivity index (χ1n) is 3.73. The lowest BCUT2D eigenvalue weighted by molar-refractivity contribution is 0.103. The number of carbonyl (C=O) groups excluding carboxylic acids is 1. The summed E-state index contributed by atoms with van der Waals surface area (Å²) in [5, 5.41) is 0. The van der Waals surface area contributed by atoms with Gasteiger partial charge in [-0.25, -0.2) is 0 Å². The summed E-state index contributed by atoms with van der Waals surface area (Å²) in [5.41, 5.74) is 2.15. The summed E-state index contributed by atoms with van der Waals surface area (Å²) in [6.45, 7) is 7.19. The fraction of sp³-hybridized carbons (Fsp3) is 0.200. The number of carbonyl (C=O) groups is 1. The van der Waals surface area contributed by atoms with Gasteiger partial charge < -0.3 is 0 Å². The van der Waals surface area contributed by atoms with Crippen molar-refractivity contribution in [3.8, 4) is 0 Å². The van der Waals surface area contributed by atoms with Crippen molar-refractivity contribution in [2.75, 3.05) is 0 Å². The van der Waals surface area contributed by atoms with Gasteiger partial charge in [0.2, 0.25) is 0 Å². The number of rotatable bonds is 2. The quantitative estimate of drug-likeness (QED) is 0.491.